The Hall–Kier alpha value is -1.67. The van der Waals surface area contributed by atoms with Crippen molar-refractivity contribution >= 4 is 11.8 Å². The number of halogens is 1. The molecule has 1 saturated carbocycles. The highest BCUT2D eigenvalue weighted by molar-refractivity contribution is 5.59. The highest BCUT2D eigenvalue weighted by atomic mass is 19.1. The van der Waals surface area contributed by atoms with E-state index in [1.807, 2.05) is 0 Å². The molecule has 3 nitrogen and oxygen atoms in total. The molecule has 0 amide bonds. The summed E-state index contributed by atoms with van der Waals surface area (Å²) in [5, 5.41) is 0. The molecule has 2 fully saturated rings. The number of hydrogen-bond acceptors (Lipinski definition) is 3. The maximum Gasteiger partial charge on any atom is 0.235 e. The number of isocyanates is 1. The smallest absolute Gasteiger partial charge is 0.235 e. The minimum atomic E-state index is -0.451. The van der Waals surface area contributed by atoms with Crippen molar-refractivity contribution in [2.75, 3.05) is 18.0 Å². The average molecular weight is 260 g/mol. The molecule has 2 aliphatic rings. The molecule has 1 aliphatic heterocycles. The topological polar surface area (TPSA) is 32.7 Å². The second-order valence-electron chi connectivity index (χ2n) is 5.44. The fraction of sp³-hybridized carbons (Fsp3) is 0.533. The van der Waals surface area contributed by atoms with Gasteiger partial charge in [0.15, 0.2) is 0 Å². The molecular weight excluding hydrogens is 243 g/mol. The molecule has 1 heterocycles. The van der Waals surface area contributed by atoms with Crippen molar-refractivity contribution in [1.82, 2.24) is 0 Å². The predicted molar refractivity (Wildman–Crippen MR) is 71.5 cm³/mol. The quantitative estimate of drug-likeness (QED) is 0.618. The van der Waals surface area contributed by atoms with Gasteiger partial charge in [0.25, 0.3) is 0 Å². The van der Waals surface area contributed by atoms with E-state index in [9.17, 15) is 9.18 Å². The summed E-state index contributed by atoms with van der Waals surface area (Å²) >= 11 is 0. The lowest BCUT2D eigenvalue weighted by Crippen LogP contribution is -2.34. The maximum absolute atomic E-state index is 13.6. The van der Waals surface area contributed by atoms with E-state index in [-0.39, 0.29) is 5.82 Å². The second-order valence-corrected chi connectivity index (χ2v) is 5.44. The minimum Gasteiger partial charge on any atom is -0.371 e. The van der Waals surface area contributed by atoms with Crippen LogP contribution in [0.4, 0.5) is 10.1 Å². The Kier molecular flexibility index (Phi) is 3.11. The third kappa shape index (κ3) is 2.06. The Bertz CT molecular complexity index is 527. The van der Waals surface area contributed by atoms with Crippen molar-refractivity contribution < 1.29 is 9.18 Å². The fourth-order valence-corrected chi connectivity index (χ4v) is 3.16. The van der Waals surface area contributed by atoms with Crippen LogP contribution >= 0.6 is 0 Å². The van der Waals surface area contributed by atoms with Gasteiger partial charge in [0, 0.05) is 24.3 Å². The van der Waals surface area contributed by atoms with Gasteiger partial charge in [-0.1, -0.05) is 6.07 Å². The zero-order valence-corrected chi connectivity index (χ0v) is 10.9. The Balaban J connectivity index is 2.07. The second kappa shape index (κ2) is 4.78. The van der Waals surface area contributed by atoms with E-state index in [2.05, 4.69) is 9.89 Å². The lowest BCUT2D eigenvalue weighted by Gasteiger charge is -2.39. The molecular formula is C15H17FN2O. The normalized spacial score (nSPS) is 20.8. The molecule has 0 atom stereocenters. The predicted octanol–water partition coefficient (Wildman–Crippen LogP) is 3.14. The third-order valence-electron chi connectivity index (χ3n) is 4.35. The SMILES string of the molecule is O=C=NC1(c2ccc(F)cc2N2CCCC2)CCC1. The van der Waals surface area contributed by atoms with Crippen molar-refractivity contribution in [2.45, 2.75) is 37.6 Å². The first kappa shape index (κ1) is 12.4. The summed E-state index contributed by atoms with van der Waals surface area (Å²) in [6.45, 7) is 1.91. The van der Waals surface area contributed by atoms with Crippen LogP contribution in [-0.2, 0) is 10.3 Å². The summed E-state index contributed by atoms with van der Waals surface area (Å²) in [5.74, 6) is -0.227. The minimum absolute atomic E-state index is 0.227. The monoisotopic (exact) mass is 260 g/mol. The molecule has 1 aromatic rings. The molecule has 0 radical (unpaired) electrons. The van der Waals surface area contributed by atoms with E-state index < -0.39 is 5.54 Å². The van der Waals surface area contributed by atoms with Crippen LogP contribution in [0.2, 0.25) is 0 Å². The molecule has 0 unspecified atom stereocenters. The lowest BCUT2D eigenvalue weighted by molar-refractivity contribution is 0.256. The van der Waals surface area contributed by atoms with Crippen LogP contribution in [0.25, 0.3) is 0 Å². The van der Waals surface area contributed by atoms with Gasteiger partial charge in [-0.2, -0.15) is 4.99 Å². The number of nitrogens with zero attached hydrogens (tertiary/aromatic N) is 2. The molecule has 19 heavy (non-hydrogen) atoms. The van der Waals surface area contributed by atoms with Gasteiger partial charge in [-0.3, -0.25) is 0 Å². The van der Waals surface area contributed by atoms with Crippen molar-refractivity contribution in [3.05, 3.63) is 29.6 Å². The van der Waals surface area contributed by atoms with E-state index in [1.165, 1.54) is 6.07 Å². The summed E-state index contributed by atoms with van der Waals surface area (Å²) in [4.78, 5) is 17.0. The molecule has 1 aromatic carbocycles. The summed E-state index contributed by atoms with van der Waals surface area (Å²) in [6, 6.07) is 4.85. The van der Waals surface area contributed by atoms with Crippen LogP contribution in [0.15, 0.2) is 23.2 Å². The number of anilines is 1. The Morgan fingerprint density at radius 1 is 1.21 bits per heavy atom. The van der Waals surface area contributed by atoms with Crippen LogP contribution in [0.5, 0.6) is 0 Å². The van der Waals surface area contributed by atoms with E-state index in [1.54, 1.807) is 18.2 Å². The number of rotatable bonds is 3. The molecule has 0 spiro atoms. The molecule has 1 aliphatic carbocycles. The van der Waals surface area contributed by atoms with Crippen molar-refractivity contribution in [2.24, 2.45) is 4.99 Å². The molecule has 1 saturated heterocycles. The van der Waals surface area contributed by atoms with Crippen LogP contribution in [0, 0.1) is 5.82 Å². The van der Waals surface area contributed by atoms with Crippen molar-refractivity contribution in [3.63, 3.8) is 0 Å². The average Bonchev–Trinajstić information content (AvgIpc) is 2.88. The Morgan fingerprint density at radius 2 is 1.95 bits per heavy atom. The van der Waals surface area contributed by atoms with Gasteiger partial charge in [0.05, 0.1) is 0 Å². The Labute approximate surface area is 112 Å². The number of aliphatic imine (C=N–C) groups is 1. The van der Waals surface area contributed by atoms with E-state index in [0.29, 0.717) is 0 Å². The van der Waals surface area contributed by atoms with Crippen molar-refractivity contribution in [3.8, 4) is 0 Å². The summed E-state index contributed by atoms with van der Waals surface area (Å²) in [6.07, 6.45) is 6.75. The van der Waals surface area contributed by atoms with E-state index >= 15 is 0 Å². The zero-order valence-electron chi connectivity index (χ0n) is 10.9. The fourth-order valence-electron chi connectivity index (χ4n) is 3.16. The largest absolute Gasteiger partial charge is 0.371 e. The van der Waals surface area contributed by atoms with Gasteiger partial charge in [-0.15, -0.1) is 0 Å². The highest BCUT2D eigenvalue weighted by Gasteiger charge is 2.41. The molecule has 100 valence electrons. The van der Waals surface area contributed by atoms with Crippen LogP contribution in [0.1, 0.15) is 37.7 Å². The van der Waals surface area contributed by atoms with Gasteiger partial charge in [-0.25, -0.2) is 9.18 Å². The Morgan fingerprint density at radius 3 is 2.53 bits per heavy atom. The maximum atomic E-state index is 13.6. The lowest BCUT2D eigenvalue weighted by atomic mass is 9.71. The van der Waals surface area contributed by atoms with Crippen LogP contribution in [0.3, 0.4) is 0 Å². The molecule has 0 aromatic heterocycles. The summed E-state index contributed by atoms with van der Waals surface area (Å²) in [5.41, 5.74) is 1.45. The molecule has 0 N–H and O–H groups in total. The van der Waals surface area contributed by atoms with Crippen molar-refractivity contribution in [1.29, 1.82) is 0 Å². The standard InChI is InChI=1S/C15H17FN2O/c16-12-4-5-13(15(17-11-19)6-3-7-15)14(10-12)18-8-1-2-9-18/h4-5,10H,1-3,6-9H2. The van der Waals surface area contributed by atoms with Gasteiger partial charge < -0.3 is 4.90 Å². The van der Waals surface area contributed by atoms with Gasteiger partial charge in [0.2, 0.25) is 6.08 Å². The zero-order chi connectivity index (χ0) is 13.3. The summed E-state index contributed by atoms with van der Waals surface area (Å²) < 4.78 is 13.6. The van der Waals surface area contributed by atoms with Gasteiger partial charge >= 0.3 is 0 Å². The summed E-state index contributed by atoms with van der Waals surface area (Å²) in [7, 11) is 0. The first-order chi connectivity index (χ1) is 9.25. The third-order valence-corrected chi connectivity index (χ3v) is 4.35. The number of hydrogen-bond donors (Lipinski definition) is 0. The molecule has 4 heteroatoms. The number of carbonyl (C=O) groups excluding carboxylic acids is 1. The van der Waals surface area contributed by atoms with Gasteiger partial charge in [0.1, 0.15) is 11.4 Å². The molecule has 3 rings (SSSR count). The number of benzene rings is 1. The van der Waals surface area contributed by atoms with Gasteiger partial charge in [-0.05, 0) is 44.2 Å². The van der Waals surface area contributed by atoms with E-state index in [0.717, 1.165) is 56.4 Å². The van der Waals surface area contributed by atoms with Crippen LogP contribution in [-0.4, -0.2) is 19.2 Å². The highest BCUT2D eigenvalue weighted by Crippen LogP contribution is 2.48. The first-order valence-electron chi connectivity index (χ1n) is 6.89. The van der Waals surface area contributed by atoms with Crippen LogP contribution < -0.4 is 4.90 Å². The van der Waals surface area contributed by atoms with E-state index in [4.69, 9.17) is 0 Å². The molecule has 0 bridgehead atoms. The first-order valence-corrected chi connectivity index (χ1v) is 6.89.